The summed E-state index contributed by atoms with van der Waals surface area (Å²) in [4.78, 5) is 14.3. The van der Waals surface area contributed by atoms with Crippen LogP contribution < -0.4 is 0 Å². The first-order valence-electron chi connectivity index (χ1n) is 7.55. The van der Waals surface area contributed by atoms with Gasteiger partial charge in [-0.1, -0.05) is 11.6 Å². The highest BCUT2D eigenvalue weighted by molar-refractivity contribution is 6.30. The van der Waals surface area contributed by atoms with Gasteiger partial charge in [-0.2, -0.15) is 5.10 Å². The number of hydrogen-bond acceptors (Lipinski definition) is 3. The number of rotatable bonds is 5. The Morgan fingerprint density at radius 2 is 1.96 bits per heavy atom. The third-order valence-electron chi connectivity index (χ3n) is 3.47. The molecule has 1 amide bonds. The Bertz CT molecular complexity index is 687. The van der Waals surface area contributed by atoms with E-state index in [0.717, 1.165) is 5.69 Å². The number of aliphatic hydroxyl groups is 1. The second-order valence-electron chi connectivity index (χ2n) is 6.18. The van der Waals surface area contributed by atoms with Crippen LogP contribution in [0.15, 0.2) is 30.5 Å². The molecular formula is C17H22ClN3O2. The van der Waals surface area contributed by atoms with Crippen molar-refractivity contribution in [2.45, 2.75) is 33.3 Å². The molecule has 0 aliphatic carbocycles. The average Bonchev–Trinajstić information content (AvgIpc) is 2.86. The van der Waals surface area contributed by atoms with E-state index in [0.29, 0.717) is 22.8 Å². The van der Waals surface area contributed by atoms with Crippen LogP contribution in [0, 0.1) is 6.92 Å². The van der Waals surface area contributed by atoms with Crippen molar-refractivity contribution in [1.29, 1.82) is 0 Å². The lowest BCUT2D eigenvalue weighted by atomic mass is 10.1. The Hall–Kier alpha value is -1.85. The van der Waals surface area contributed by atoms with Crippen LogP contribution >= 0.6 is 11.6 Å². The van der Waals surface area contributed by atoms with Gasteiger partial charge in [0.05, 0.1) is 22.5 Å². The van der Waals surface area contributed by atoms with Crippen LogP contribution in [0.4, 0.5) is 0 Å². The number of nitrogens with zero attached hydrogens (tertiary/aromatic N) is 3. The molecule has 23 heavy (non-hydrogen) atoms. The molecule has 1 N–H and O–H groups in total. The summed E-state index contributed by atoms with van der Waals surface area (Å²) in [6.45, 7) is 7.86. The van der Waals surface area contributed by atoms with E-state index >= 15 is 0 Å². The quantitative estimate of drug-likeness (QED) is 0.913. The van der Waals surface area contributed by atoms with Gasteiger partial charge in [-0.15, -0.1) is 0 Å². The number of benzene rings is 1. The molecule has 0 aliphatic heterocycles. The van der Waals surface area contributed by atoms with Crippen molar-refractivity contribution in [3.05, 3.63) is 46.7 Å². The number of aryl methyl sites for hydroxylation is 1. The van der Waals surface area contributed by atoms with E-state index < -0.39 is 5.60 Å². The van der Waals surface area contributed by atoms with Crippen molar-refractivity contribution in [2.24, 2.45) is 0 Å². The first kappa shape index (κ1) is 17.5. The topological polar surface area (TPSA) is 58.4 Å². The Kier molecular flexibility index (Phi) is 5.12. The largest absolute Gasteiger partial charge is 0.389 e. The normalized spacial score (nSPS) is 11.6. The molecule has 1 aromatic carbocycles. The van der Waals surface area contributed by atoms with E-state index in [4.69, 9.17) is 11.6 Å². The molecule has 0 saturated heterocycles. The maximum Gasteiger partial charge on any atom is 0.257 e. The van der Waals surface area contributed by atoms with E-state index in [1.165, 1.54) is 0 Å². The van der Waals surface area contributed by atoms with E-state index in [1.807, 2.05) is 19.1 Å². The summed E-state index contributed by atoms with van der Waals surface area (Å²) in [6, 6.07) is 7.25. The predicted molar refractivity (Wildman–Crippen MR) is 91.2 cm³/mol. The molecular weight excluding hydrogens is 314 g/mol. The third kappa shape index (κ3) is 4.33. The maximum atomic E-state index is 12.7. The van der Waals surface area contributed by atoms with E-state index in [-0.39, 0.29) is 12.5 Å². The number of carbonyl (C=O) groups is 1. The number of carbonyl (C=O) groups excluding carboxylic acids is 1. The first-order chi connectivity index (χ1) is 10.7. The number of halogens is 1. The summed E-state index contributed by atoms with van der Waals surface area (Å²) in [5.41, 5.74) is 1.08. The van der Waals surface area contributed by atoms with Crippen LogP contribution in [0.3, 0.4) is 0 Å². The molecule has 2 rings (SSSR count). The molecule has 0 bridgehead atoms. The fourth-order valence-corrected chi connectivity index (χ4v) is 2.49. The van der Waals surface area contributed by atoms with Gasteiger partial charge < -0.3 is 10.0 Å². The molecule has 1 aromatic heterocycles. The zero-order chi connectivity index (χ0) is 17.2. The van der Waals surface area contributed by atoms with Gasteiger partial charge >= 0.3 is 0 Å². The minimum absolute atomic E-state index is 0.132. The second-order valence-corrected chi connectivity index (χ2v) is 6.62. The van der Waals surface area contributed by atoms with Gasteiger partial charge in [0, 0.05) is 24.3 Å². The zero-order valence-electron chi connectivity index (χ0n) is 13.9. The van der Waals surface area contributed by atoms with Crippen LogP contribution in [0.5, 0.6) is 0 Å². The first-order valence-corrected chi connectivity index (χ1v) is 7.93. The molecule has 2 aromatic rings. The lowest BCUT2D eigenvalue weighted by molar-refractivity contribution is 0.0314. The predicted octanol–water partition coefficient (Wildman–Crippen LogP) is 3.07. The third-order valence-corrected chi connectivity index (χ3v) is 3.72. The van der Waals surface area contributed by atoms with Crippen molar-refractivity contribution < 1.29 is 9.90 Å². The smallest absolute Gasteiger partial charge is 0.257 e. The molecule has 0 spiro atoms. The van der Waals surface area contributed by atoms with Gasteiger partial charge in [-0.25, -0.2) is 4.68 Å². The van der Waals surface area contributed by atoms with Gasteiger partial charge in [0.1, 0.15) is 0 Å². The van der Waals surface area contributed by atoms with E-state index in [2.05, 4.69) is 5.10 Å². The highest BCUT2D eigenvalue weighted by Crippen LogP contribution is 2.17. The summed E-state index contributed by atoms with van der Waals surface area (Å²) in [5, 5.41) is 15.0. The van der Waals surface area contributed by atoms with Gasteiger partial charge in [0.2, 0.25) is 0 Å². The molecule has 0 atom stereocenters. The van der Waals surface area contributed by atoms with Crippen molar-refractivity contribution >= 4 is 17.5 Å². The molecule has 0 fully saturated rings. The lowest BCUT2D eigenvalue weighted by Gasteiger charge is -2.27. The lowest BCUT2D eigenvalue weighted by Crippen LogP contribution is -2.42. The van der Waals surface area contributed by atoms with Gasteiger partial charge in [0.25, 0.3) is 5.91 Å². The fourth-order valence-electron chi connectivity index (χ4n) is 2.36. The fraction of sp³-hybridized carbons (Fsp3) is 0.412. The highest BCUT2D eigenvalue weighted by Gasteiger charge is 2.24. The summed E-state index contributed by atoms with van der Waals surface area (Å²) in [5.74, 6) is -0.132. The minimum Gasteiger partial charge on any atom is -0.389 e. The zero-order valence-corrected chi connectivity index (χ0v) is 14.6. The van der Waals surface area contributed by atoms with Crippen molar-refractivity contribution in [3.63, 3.8) is 0 Å². The van der Waals surface area contributed by atoms with Crippen molar-refractivity contribution in [1.82, 2.24) is 14.7 Å². The SMILES string of the molecule is CCN(CC(C)(C)O)C(=O)c1cn(-c2ccc(Cl)cc2)nc1C. The average molecular weight is 336 g/mol. The van der Waals surface area contributed by atoms with Gasteiger partial charge in [-0.05, 0) is 52.0 Å². The van der Waals surface area contributed by atoms with Crippen molar-refractivity contribution in [2.75, 3.05) is 13.1 Å². The summed E-state index contributed by atoms with van der Waals surface area (Å²) in [7, 11) is 0. The van der Waals surface area contributed by atoms with E-state index in [1.54, 1.807) is 48.7 Å². The van der Waals surface area contributed by atoms with Crippen LogP contribution in [0.1, 0.15) is 36.8 Å². The number of hydrogen-bond donors (Lipinski definition) is 1. The Labute approximate surface area is 141 Å². The van der Waals surface area contributed by atoms with E-state index in [9.17, 15) is 9.90 Å². The number of amides is 1. The Morgan fingerprint density at radius 3 is 2.48 bits per heavy atom. The second kappa shape index (κ2) is 6.72. The van der Waals surface area contributed by atoms with Crippen LogP contribution in [-0.4, -0.2) is 44.4 Å². The molecule has 5 nitrogen and oxygen atoms in total. The maximum absolute atomic E-state index is 12.7. The number of likely N-dealkylation sites (N-methyl/N-ethyl adjacent to an activating group) is 1. The van der Waals surface area contributed by atoms with Crippen LogP contribution in [0.25, 0.3) is 5.69 Å². The van der Waals surface area contributed by atoms with Crippen molar-refractivity contribution in [3.8, 4) is 5.69 Å². The Morgan fingerprint density at radius 1 is 1.35 bits per heavy atom. The summed E-state index contributed by atoms with van der Waals surface area (Å²) >= 11 is 5.89. The highest BCUT2D eigenvalue weighted by atomic mass is 35.5. The molecule has 124 valence electrons. The summed E-state index contributed by atoms with van der Waals surface area (Å²) < 4.78 is 1.66. The van der Waals surface area contributed by atoms with Gasteiger partial charge in [0.15, 0.2) is 0 Å². The minimum atomic E-state index is -0.939. The molecule has 1 heterocycles. The van der Waals surface area contributed by atoms with Crippen LogP contribution in [-0.2, 0) is 0 Å². The molecule has 0 unspecified atom stereocenters. The molecule has 0 aliphatic rings. The van der Waals surface area contributed by atoms with Gasteiger partial charge in [-0.3, -0.25) is 4.79 Å². The standard InChI is InChI=1S/C17H22ClN3O2/c1-5-20(11-17(3,4)23)16(22)15-10-21(19-12(15)2)14-8-6-13(18)7-9-14/h6-10,23H,5,11H2,1-4H3. The molecule has 0 radical (unpaired) electrons. The Balaban J connectivity index is 2.29. The number of aromatic nitrogens is 2. The summed E-state index contributed by atoms with van der Waals surface area (Å²) in [6.07, 6.45) is 1.72. The molecule has 0 saturated carbocycles. The molecule has 6 heteroatoms. The monoisotopic (exact) mass is 335 g/mol. The van der Waals surface area contributed by atoms with Crippen LogP contribution in [0.2, 0.25) is 5.02 Å².